The largest absolute Gasteiger partial charge is 0.496 e. The number of hydrogen-bond donors (Lipinski definition) is 1. The molecule has 1 N–H and O–H groups in total. The Bertz CT molecular complexity index is 762. The molecule has 5 nitrogen and oxygen atoms in total. The van der Waals surface area contributed by atoms with E-state index >= 15 is 0 Å². The van der Waals surface area contributed by atoms with Crippen LogP contribution in [0, 0.1) is 0 Å². The quantitative estimate of drug-likeness (QED) is 0.689. The van der Waals surface area contributed by atoms with E-state index in [0.29, 0.717) is 11.1 Å². The lowest BCUT2D eigenvalue weighted by Gasteiger charge is -2.11. The van der Waals surface area contributed by atoms with Crippen LogP contribution in [0.1, 0.15) is 17.3 Å². The van der Waals surface area contributed by atoms with Crippen LogP contribution in [-0.4, -0.2) is 25.9 Å². The van der Waals surface area contributed by atoms with Gasteiger partial charge in [-0.1, -0.05) is 18.2 Å². The molecule has 0 bridgehead atoms. The molecule has 6 heteroatoms. The van der Waals surface area contributed by atoms with Crippen molar-refractivity contribution in [1.29, 1.82) is 0 Å². The number of hydrogen-bond acceptors (Lipinski definition) is 4. The van der Waals surface area contributed by atoms with Crippen molar-refractivity contribution in [2.75, 3.05) is 7.11 Å². The number of benzene rings is 2. The summed E-state index contributed by atoms with van der Waals surface area (Å²) in [6, 6.07) is 7.45. The van der Waals surface area contributed by atoms with Gasteiger partial charge >= 0.3 is 0 Å². The Labute approximate surface area is 110 Å². The first kappa shape index (κ1) is 13.5. The maximum atomic E-state index is 11.6. The molecule has 0 atom stereocenters. The maximum Gasteiger partial charge on any atom is 0.295 e. The third kappa shape index (κ3) is 2.32. The number of ether oxygens (including phenoxy) is 1. The minimum Gasteiger partial charge on any atom is -0.496 e. The van der Waals surface area contributed by atoms with Crippen molar-refractivity contribution < 1.29 is 22.5 Å². The number of rotatable bonds is 3. The van der Waals surface area contributed by atoms with Gasteiger partial charge in [-0.25, -0.2) is 0 Å². The van der Waals surface area contributed by atoms with Crippen LogP contribution in [0.25, 0.3) is 10.8 Å². The second-order valence-corrected chi connectivity index (χ2v) is 5.42. The highest BCUT2D eigenvalue weighted by Crippen LogP contribution is 2.33. The molecule has 19 heavy (non-hydrogen) atoms. The first-order valence-corrected chi connectivity index (χ1v) is 6.88. The monoisotopic (exact) mass is 280 g/mol. The van der Waals surface area contributed by atoms with E-state index in [4.69, 9.17) is 4.74 Å². The van der Waals surface area contributed by atoms with Gasteiger partial charge in [0, 0.05) is 16.3 Å². The molecule has 0 aromatic heterocycles. The molecule has 0 amide bonds. The van der Waals surface area contributed by atoms with Gasteiger partial charge in [-0.15, -0.1) is 0 Å². The normalized spacial score (nSPS) is 11.5. The van der Waals surface area contributed by atoms with Crippen molar-refractivity contribution in [3.05, 3.63) is 35.9 Å². The molecule has 100 valence electrons. The number of Topliss-reactive ketones (excluding diaryl/α,β-unsaturated/α-hetero) is 1. The zero-order valence-corrected chi connectivity index (χ0v) is 11.2. The highest BCUT2D eigenvalue weighted by Gasteiger charge is 2.20. The third-order valence-corrected chi connectivity index (χ3v) is 3.74. The fraction of sp³-hybridized carbons (Fsp3) is 0.154. The summed E-state index contributed by atoms with van der Waals surface area (Å²) in [6.07, 6.45) is 0. The minimum absolute atomic E-state index is 0.178. The van der Waals surface area contributed by atoms with Crippen molar-refractivity contribution >= 4 is 26.7 Å². The van der Waals surface area contributed by atoms with Crippen LogP contribution in [0.15, 0.2) is 35.2 Å². The number of carbonyl (C=O) groups excluding carboxylic acids is 1. The maximum absolute atomic E-state index is 11.6. The molecule has 0 radical (unpaired) electrons. The number of fused-ring (bicyclic) bond motifs is 1. The lowest BCUT2D eigenvalue weighted by Crippen LogP contribution is -2.04. The van der Waals surface area contributed by atoms with Crippen molar-refractivity contribution in [2.24, 2.45) is 0 Å². The van der Waals surface area contributed by atoms with E-state index in [1.807, 2.05) is 0 Å². The van der Waals surface area contributed by atoms with Crippen LogP contribution in [-0.2, 0) is 10.1 Å². The molecular weight excluding hydrogens is 268 g/mol. The van der Waals surface area contributed by atoms with E-state index in [1.54, 1.807) is 12.1 Å². The molecule has 0 aliphatic heterocycles. The molecule has 2 rings (SSSR count). The number of methoxy groups -OCH3 is 1. The van der Waals surface area contributed by atoms with Crippen molar-refractivity contribution in [3.63, 3.8) is 0 Å². The Morgan fingerprint density at radius 1 is 1.21 bits per heavy atom. The van der Waals surface area contributed by atoms with Gasteiger partial charge in [0.1, 0.15) is 10.6 Å². The van der Waals surface area contributed by atoms with Crippen LogP contribution >= 0.6 is 0 Å². The summed E-state index contributed by atoms with van der Waals surface area (Å²) in [7, 11) is -2.97. The van der Waals surface area contributed by atoms with E-state index in [0.717, 1.165) is 0 Å². The van der Waals surface area contributed by atoms with Crippen molar-refractivity contribution in [3.8, 4) is 5.75 Å². The van der Waals surface area contributed by atoms with Crippen LogP contribution in [0.3, 0.4) is 0 Å². The lowest BCUT2D eigenvalue weighted by atomic mass is 10.0. The van der Waals surface area contributed by atoms with Gasteiger partial charge < -0.3 is 4.74 Å². The second-order valence-electron chi connectivity index (χ2n) is 4.03. The predicted molar refractivity (Wildman–Crippen MR) is 70.3 cm³/mol. The molecule has 0 heterocycles. The first-order chi connectivity index (χ1) is 8.86. The Kier molecular flexibility index (Phi) is 3.30. The molecule has 0 aliphatic rings. The van der Waals surface area contributed by atoms with Crippen LogP contribution in [0.2, 0.25) is 0 Å². The molecule has 0 fully saturated rings. The van der Waals surface area contributed by atoms with Gasteiger partial charge in [0.25, 0.3) is 10.1 Å². The van der Waals surface area contributed by atoms with E-state index in [1.165, 1.54) is 32.2 Å². The average molecular weight is 280 g/mol. The summed E-state index contributed by atoms with van der Waals surface area (Å²) >= 11 is 0. The number of ketones is 1. The van der Waals surface area contributed by atoms with Gasteiger partial charge in [-0.05, 0) is 19.1 Å². The fourth-order valence-corrected chi connectivity index (χ4v) is 2.75. The second kappa shape index (κ2) is 4.64. The topological polar surface area (TPSA) is 80.7 Å². The number of carbonyl (C=O) groups is 1. The highest BCUT2D eigenvalue weighted by molar-refractivity contribution is 7.86. The van der Waals surface area contributed by atoms with Crippen LogP contribution < -0.4 is 4.74 Å². The fourth-order valence-electron chi connectivity index (χ4n) is 2.03. The van der Waals surface area contributed by atoms with Crippen LogP contribution in [0.5, 0.6) is 5.75 Å². The molecule has 0 aliphatic carbocycles. The molecule has 0 saturated heterocycles. The summed E-state index contributed by atoms with van der Waals surface area (Å²) in [5.41, 5.74) is 0.226. The first-order valence-electron chi connectivity index (χ1n) is 5.44. The molecule has 2 aromatic rings. The summed E-state index contributed by atoms with van der Waals surface area (Å²) in [5, 5.41) is 0.641. The molecule has 0 saturated carbocycles. The van der Waals surface area contributed by atoms with E-state index < -0.39 is 10.1 Å². The molecule has 0 spiro atoms. The minimum atomic E-state index is -4.42. The van der Waals surface area contributed by atoms with Gasteiger partial charge in [0.05, 0.1) is 7.11 Å². The summed E-state index contributed by atoms with van der Waals surface area (Å²) in [5.74, 6) is 0.147. The zero-order valence-electron chi connectivity index (χ0n) is 10.4. The van der Waals surface area contributed by atoms with Gasteiger partial charge in [0.15, 0.2) is 5.78 Å². The van der Waals surface area contributed by atoms with Crippen molar-refractivity contribution in [1.82, 2.24) is 0 Å². The smallest absolute Gasteiger partial charge is 0.295 e. The average Bonchev–Trinajstić information content (AvgIpc) is 2.35. The van der Waals surface area contributed by atoms with E-state index in [-0.39, 0.29) is 21.6 Å². The van der Waals surface area contributed by atoms with Crippen molar-refractivity contribution in [2.45, 2.75) is 11.8 Å². The summed E-state index contributed by atoms with van der Waals surface area (Å²) in [6.45, 7) is 1.34. The molecule has 0 unspecified atom stereocenters. The standard InChI is InChI=1S/C13H12O5S/c1-8(14)9-4-3-5-10-11(18-2)6-7-12(13(9)10)19(15,16)17/h3-7H,1-2H3,(H,15,16,17). The lowest BCUT2D eigenvalue weighted by molar-refractivity contribution is 0.101. The Morgan fingerprint density at radius 3 is 2.42 bits per heavy atom. The van der Waals surface area contributed by atoms with Gasteiger partial charge in [-0.2, -0.15) is 8.42 Å². The predicted octanol–water partition coefficient (Wildman–Crippen LogP) is 2.30. The van der Waals surface area contributed by atoms with Gasteiger partial charge in [-0.3, -0.25) is 9.35 Å². The van der Waals surface area contributed by atoms with Gasteiger partial charge in [0.2, 0.25) is 0 Å². The molecule has 2 aromatic carbocycles. The Balaban J connectivity index is 3.05. The van der Waals surface area contributed by atoms with E-state index in [9.17, 15) is 17.8 Å². The summed E-state index contributed by atoms with van der Waals surface area (Å²) in [4.78, 5) is 11.3. The Morgan fingerprint density at radius 2 is 1.89 bits per heavy atom. The van der Waals surface area contributed by atoms with Crippen LogP contribution in [0.4, 0.5) is 0 Å². The third-order valence-electron chi connectivity index (χ3n) is 2.84. The highest BCUT2D eigenvalue weighted by atomic mass is 32.2. The Hall–Kier alpha value is -1.92. The summed E-state index contributed by atoms with van der Waals surface area (Å²) < 4.78 is 37.3. The zero-order chi connectivity index (χ0) is 14.2. The molecular formula is C13H12O5S. The SMILES string of the molecule is COc1ccc(S(=O)(=O)O)c2c(C(C)=O)cccc12. The van der Waals surface area contributed by atoms with E-state index in [2.05, 4.69) is 0 Å².